The van der Waals surface area contributed by atoms with Gasteiger partial charge in [0.15, 0.2) is 0 Å². The highest BCUT2D eigenvalue weighted by atomic mass is 35.5. The SMILES string of the molecule is CC(C)(C)c1c(Cl)ccc2c1CCNC2. The van der Waals surface area contributed by atoms with Gasteiger partial charge < -0.3 is 5.32 Å². The molecule has 1 aliphatic heterocycles. The molecule has 0 amide bonds. The Bertz CT molecular complexity index is 377. The summed E-state index contributed by atoms with van der Waals surface area (Å²) in [5, 5.41) is 4.32. The molecule has 0 saturated heterocycles. The Morgan fingerprint density at radius 1 is 1.27 bits per heavy atom. The van der Waals surface area contributed by atoms with Gasteiger partial charge in [0.1, 0.15) is 0 Å². The molecule has 0 bridgehead atoms. The maximum absolute atomic E-state index is 6.33. The standard InChI is InChI=1S/C13H18ClN/c1-13(2,3)12-10-6-7-15-8-9(10)4-5-11(12)14/h4-5,15H,6-8H2,1-3H3. The predicted molar refractivity (Wildman–Crippen MR) is 65.6 cm³/mol. The van der Waals surface area contributed by atoms with Gasteiger partial charge in [-0.1, -0.05) is 38.4 Å². The lowest BCUT2D eigenvalue weighted by Crippen LogP contribution is -2.27. The van der Waals surface area contributed by atoms with Crippen molar-refractivity contribution >= 4 is 11.6 Å². The third kappa shape index (κ3) is 2.04. The number of halogens is 1. The van der Waals surface area contributed by atoms with Gasteiger partial charge in [-0.05, 0) is 41.1 Å². The number of hydrogen-bond donors (Lipinski definition) is 1. The molecular weight excluding hydrogens is 206 g/mol. The number of rotatable bonds is 0. The van der Waals surface area contributed by atoms with Crippen molar-refractivity contribution in [1.82, 2.24) is 5.32 Å². The first-order valence-electron chi connectivity index (χ1n) is 5.51. The highest BCUT2D eigenvalue weighted by Gasteiger charge is 2.24. The summed E-state index contributed by atoms with van der Waals surface area (Å²) in [6, 6.07) is 4.19. The fourth-order valence-electron chi connectivity index (χ4n) is 2.36. The van der Waals surface area contributed by atoms with Gasteiger partial charge in [-0.2, -0.15) is 0 Å². The largest absolute Gasteiger partial charge is 0.312 e. The van der Waals surface area contributed by atoms with Crippen LogP contribution in [0.15, 0.2) is 12.1 Å². The van der Waals surface area contributed by atoms with Crippen LogP contribution < -0.4 is 5.32 Å². The third-order valence-electron chi connectivity index (χ3n) is 2.98. The molecule has 1 aromatic carbocycles. The van der Waals surface area contributed by atoms with Crippen molar-refractivity contribution in [2.24, 2.45) is 0 Å². The highest BCUT2D eigenvalue weighted by Crippen LogP contribution is 2.35. The average Bonchev–Trinajstić information content (AvgIpc) is 2.15. The van der Waals surface area contributed by atoms with Gasteiger partial charge in [0.25, 0.3) is 0 Å². The molecule has 2 rings (SSSR count). The van der Waals surface area contributed by atoms with Crippen LogP contribution in [-0.4, -0.2) is 6.54 Å². The zero-order valence-corrected chi connectivity index (χ0v) is 10.4. The van der Waals surface area contributed by atoms with E-state index in [9.17, 15) is 0 Å². The molecule has 1 N–H and O–H groups in total. The summed E-state index contributed by atoms with van der Waals surface area (Å²) in [6.07, 6.45) is 1.10. The maximum Gasteiger partial charge on any atom is 0.0446 e. The lowest BCUT2D eigenvalue weighted by molar-refractivity contribution is 0.563. The zero-order chi connectivity index (χ0) is 11.1. The highest BCUT2D eigenvalue weighted by molar-refractivity contribution is 6.31. The fraction of sp³-hybridized carbons (Fsp3) is 0.538. The number of benzene rings is 1. The molecule has 0 unspecified atom stereocenters. The van der Waals surface area contributed by atoms with E-state index in [0.717, 1.165) is 24.5 Å². The first-order valence-corrected chi connectivity index (χ1v) is 5.89. The number of hydrogen-bond acceptors (Lipinski definition) is 1. The van der Waals surface area contributed by atoms with Crippen LogP contribution >= 0.6 is 11.6 Å². The number of nitrogens with one attached hydrogen (secondary N) is 1. The number of fused-ring (bicyclic) bond motifs is 1. The smallest absolute Gasteiger partial charge is 0.0446 e. The topological polar surface area (TPSA) is 12.0 Å². The maximum atomic E-state index is 6.33. The van der Waals surface area contributed by atoms with Crippen molar-refractivity contribution in [3.8, 4) is 0 Å². The molecule has 15 heavy (non-hydrogen) atoms. The van der Waals surface area contributed by atoms with Gasteiger partial charge in [-0.15, -0.1) is 0 Å². The molecule has 0 spiro atoms. The molecule has 0 fully saturated rings. The second-order valence-electron chi connectivity index (χ2n) is 5.24. The molecule has 2 heteroatoms. The third-order valence-corrected chi connectivity index (χ3v) is 3.29. The van der Waals surface area contributed by atoms with Crippen LogP contribution in [0.3, 0.4) is 0 Å². The van der Waals surface area contributed by atoms with Crippen molar-refractivity contribution in [1.29, 1.82) is 0 Å². The van der Waals surface area contributed by atoms with E-state index in [-0.39, 0.29) is 5.41 Å². The Morgan fingerprint density at radius 3 is 2.67 bits per heavy atom. The summed E-state index contributed by atoms with van der Waals surface area (Å²) in [4.78, 5) is 0. The molecule has 0 aliphatic carbocycles. The quantitative estimate of drug-likeness (QED) is 0.712. The molecule has 82 valence electrons. The zero-order valence-electron chi connectivity index (χ0n) is 9.65. The van der Waals surface area contributed by atoms with Gasteiger partial charge >= 0.3 is 0 Å². The molecule has 1 nitrogen and oxygen atoms in total. The molecule has 0 aromatic heterocycles. The minimum absolute atomic E-state index is 0.139. The Labute approximate surface area is 96.8 Å². The van der Waals surface area contributed by atoms with Crippen LogP contribution in [0.5, 0.6) is 0 Å². The lowest BCUT2D eigenvalue weighted by Gasteiger charge is -2.29. The summed E-state index contributed by atoms with van der Waals surface area (Å²) < 4.78 is 0. The molecule has 0 atom stereocenters. The lowest BCUT2D eigenvalue weighted by atomic mass is 9.80. The summed E-state index contributed by atoms with van der Waals surface area (Å²) in [7, 11) is 0. The second-order valence-corrected chi connectivity index (χ2v) is 5.64. The van der Waals surface area contributed by atoms with Crippen LogP contribution in [0.4, 0.5) is 0 Å². The van der Waals surface area contributed by atoms with Crippen LogP contribution in [0.2, 0.25) is 5.02 Å². The summed E-state index contributed by atoms with van der Waals surface area (Å²) in [5.74, 6) is 0. The second kappa shape index (κ2) is 3.80. The van der Waals surface area contributed by atoms with E-state index in [2.05, 4.69) is 32.2 Å². The van der Waals surface area contributed by atoms with Crippen LogP contribution in [0.25, 0.3) is 0 Å². The van der Waals surface area contributed by atoms with E-state index in [0.29, 0.717) is 0 Å². The molecule has 1 aliphatic rings. The van der Waals surface area contributed by atoms with Crippen molar-refractivity contribution < 1.29 is 0 Å². The van der Waals surface area contributed by atoms with E-state index in [1.807, 2.05) is 6.07 Å². The van der Waals surface area contributed by atoms with E-state index < -0.39 is 0 Å². The van der Waals surface area contributed by atoms with Gasteiger partial charge in [0.2, 0.25) is 0 Å². The first kappa shape index (κ1) is 11.0. The molecule has 0 radical (unpaired) electrons. The normalized spacial score (nSPS) is 16.3. The molecule has 1 heterocycles. The van der Waals surface area contributed by atoms with Crippen molar-refractivity contribution in [2.75, 3.05) is 6.54 Å². The molecule has 0 saturated carbocycles. The molecular formula is C13H18ClN. The van der Waals surface area contributed by atoms with Crippen LogP contribution in [-0.2, 0) is 18.4 Å². The van der Waals surface area contributed by atoms with Crippen LogP contribution in [0, 0.1) is 0 Å². The van der Waals surface area contributed by atoms with Gasteiger partial charge in [0, 0.05) is 11.6 Å². The Hall–Kier alpha value is -0.530. The van der Waals surface area contributed by atoms with Crippen molar-refractivity contribution in [3.05, 3.63) is 33.8 Å². The van der Waals surface area contributed by atoms with E-state index in [1.54, 1.807) is 0 Å². The van der Waals surface area contributed by atoms with E-state index in [4.69, 9.17) is 11.6 Å². The minimum atomic E-state index is 0.139. The van der Waals surface area contributed by atoms with Gasteiger partial charge in [-0.3, -0.25) is 0 Å². The van der Waals surface area contributed by atoms with Crippen molar-refractivity contribution in [2.45, 2.75) is 39.2 Å². The fourth-order valence-corrected chi connectivity index (χ4v) is 2.82. The Kier molecular flexibility index (Phi) is 2.78. The summed E-state index contributed by atoms with van der Waals surface area (Å²) >= 11 is 6.33. The Balaban J connectivity index is 2.60. The van der Waals surface area contributed by atoms with E-state index >= 15 is 0 Å². The van der Waals surface area contributed by atoms with E-state index in [1.165, 1.54) is 16.7 Å². The minimum Gasteiger partial charge on any atom is -0.312 e. The van der Waals surface area contributed by atoms with Crippen LogP contribution in [0.1, 0.15) is 37.5 Å². The van der Waals surface area contributed by atoms with Gasteiger partial charge in [0.05, 0.1) is 0 Å². The Morgan fingerprint density at radius 2 is 2.00 bits per heavy atom. The van der Waals surface area contributed by atoms with Gasteiger partial charge in [-0.25, -0.2) is 0 Å². The predicted octanol–water partition coefficient (Wildman–Crippen LogP) is 3.28. The average molecular weight is 224 g/mol. The summed E-state index contributed by atoms with van der Waals surface area (Å²) in [6.45, 7) is 8.75. The molecule has 1 aromatic rings. The van der Waals surface area contributed by atoms with Crippen molar-refractivity contribution in [3.63, 3.8) is 0 Å². The monoisotopic (exact) mass is 223 g/mol. The first-order chi connectivity index (χ1) is 7.00. The summed E-state index contributed by atoms with van der Waals surface area (Å²) in [5.41, 5.74) is 4.35.